The van der Waals surface area contributed by atoms with E-state index in [2.05, 4.69) is 38.3 Å². The van der Waals surface area contributed by atoms with E-state index in [4.69, 9.17) is 16.0 Å². The van der Waals surface area contributed by atoms with Crippen LogP contribution in [0.25, 0.3) is 11.0 Å². The lowest BCUT2D eigenvalue weighted by Crippen LogP contribution is -3.06. The van der Waals surface area contributed by atoms with Crippen molar-refractivity contribution in [3.8, 4) is 0 Å². The molecule has 0 unspecified atom stereocenters. The third-order valence-electron chi connectivity index (χ3n) is 4.98. The molecule has 3 rings (SSSR count). The molecule has 0 bridgehead atoms. The van der Waals surface area contributed by atoms with E-state index < -0.39 is 0 Å². The third-order valence-corrected chi connectivity index (χ3v) is 5.38. The summed E-state index contributed by atoms with van der Waals surface area (Å²) >= 11 is 6.23. The topological polar surface area (TPSA) is 58.9 Å². The van der Waals surface area contributed by atoms with E-state index in [1.165, 1.54) is 0 Å². The Morgan fingerprint density at radius 1 is 1.28 bits per heavy atom. The number of carbonyl (C=O) groups is 1. The summed E-state index contributed by atoms with van der Waals surface area (Å²) in [5, 5.41) is 7.25. The number of rotatable bonds is 3. The van der Waals surface area contributed by atoms with Crippen molar-refractivity contribution >= 4 is 28.5 Å². The van der Waals surface area contributed by atoms with Crippen LogP contribution >= 0.6 is 11.6 Å². The maximum atomic E-state index is 12.6. The largest absolute Gasteiger partial charge is 0.464 e. The first-order chi connectivity index (χ1) is 11.5. The SMILES string of the molecule is Cc1cc2occ(CC(=O)NC3CC(C)(C)[NH2+]C(C)(C)C3)c2cc1Cl. The summed E-state index contributed by atoms with van der Waals surface area (Å²) in [7, 11) is 0. The first-order valence-electron chi connectivity index (χ1n) is 8.87. The first-order valence-corrected chi connectivity index (χ1v) is 9.25. The molecule has 1 saturated heterocycles. The molecule has 0 aliphatic carbocycles. The number of hydrogen-bond donors (Lipinski definition) is 2. The van der Waals surface area contributed by atoms with Crippen LogP contribution < -0.4 is 10.6 Å². The minimum atomic E-state index is 0.0397. The van der Waals surface area contributed by atoms with Crippen LogP contribution in [0, 0.1) is 6.92 Å². The minimum Gasteiger partial charge on any atom is -0.464 e. The summed E-state index contributed by atoms with van der Waals surface area (Å²) in [6, 6.07) is 4.01. The van der Waals surface area contributed by atoms with Gasteiger partial charge in [0.05, 0.1) is 23.8 Å². The maximum Gasteiger partial charge on any atom is 0.224 e. The van der Waals surface area contributed by atoms with Crippen LogP contribution in [0.1, 0.15) is 51.7 Å². The van der Waals surface area contributed by atoms with Crippen molar-refractivity contribution in [1.82, 2.24) is 5.32 Å². The zero-order valence-electron chi connectivity index (χ0n) is 15.7. The maximum absolute atomic E-state index is 12.6. The van der Waals surface area contributed by atoms with Gasteiger partial charge in [-0.25, -0.2) is 0 Å². The Bertz CT molecular complexity index is 791. The number of aryl methyl sites for hydroxylation is 1. The molecule has 25 heavy (non-hydrogen) atoms. The monoisotopic (exact) mass is 363 g/mol. The van der Waals surface area contributed by atoms with Gasteiger partial charge in [0.15, 0.2) is 0 Å². The van der Waals surface area contributed by atoms with E-state index >= 15 is 0 Å². The van der Waals surface area contributed by atoms with E-state index in [0.717, 1.165) is 34.9 Å². The van der Waals surface area contributed by atoms with Crippen molar-refractivity contribution < 1.29 is 14.5 Å². The molecule has 1 aromatic carbocycles. The number of fused-ring (bicyclic) bond motifs is 1. The standard InChI is InChI=1S/C20H27ClN2O2/c1-12-6-17-15(8-16(12)21)13(11-25-17)7-18(24)22-14-9-19(2,3)23-20(4,5)10-14/h6,8,11,14,23H,7,9-10H2,1-5H3,(H,22,24)/p+1. The summed E-state index contributed by atoms with van der Waals surface area (Å²) < 4.78 is 5.60. The van der Waals surface area contributed by atoms with Gasteiger partial charge in [-0.05, 0) is 52.3 Å². The number of furan rings is 1. The molecule has 3 N–H and O–H groups in total. The highest BCUT2D eigenvalue weighted by Gasteiger charge is 2.42. The summed E-state index contributed by atoms with van der Waals surface area (Å²) in [4.78, 5) is 12.6. The fourth-order valence-corrected chi connectivity index (χ4v) is 4.57. The number of quaternary nitrogens is 1. The van der Waals surface area contributed by atoms with Crippen LogP contribution in [0.3, 0.4) is 0 Å². The van der Waals surface area contributed by atoms with Crippen molar-refractivity contribution in [2.75, 3.05) is 0 Å². The highest BCUT2D eigenvalue weighted by Crippen LogP contribution is 2.28. The molecule has 2 heterocycles. The van der Waals surface area contributed by atoms with Crippen LogP contribution in [0.2, 0.25) is 5.02 Å². The second-order valence-electron chi connectivity index (χ2n) is 8.83. The summed E-state index contributed by atoms with van der Waals surface area (Å²) in [6.45, 7) is 10.9. The molecule has 5 heteroatoms. The average Bonchev–Trinajstić information content (AvgIpc) is 2.78. The highest BCUT2D eigenvalue weighted by atomic mass is 35.5. The molecule has 1 aliphatic rings. The Morgan fingerprint density at radius 3 is 2.56 bits per heavy atom. The van der Waals surface area contributed by atoms with Crippen molar-refractivity contribution in [1.29, 1.82) is 0 Å². The zero-order chi connectivity index (χ0) is 18.4. The van der Waals surface area contributed by atoms with Crippen LogP contribution in [0.5, 0.6) is 0 Å². The van der Waals surface area contributed by atoms with Gasteiger partial charge in [0.25, 0.3) is 0 Å². The van der Waals surface area contributed by atoms with Gasteiger partial charge in [-0.2, -0.15) is 0 Å². The molecule has 0 atom stereocenters. The number of piperidine rings is 1. The number of carbonyl (C=O) groups excluding carboxylic acids is 1. The zero-order valence-corrected chi connectivity index (χ0v) is 16.5. The van der Waals surface area contributed by atoms with Gasteiger partial charge >= 0.3 is 0 Å². The van der Waals surface area contributed by atoms with Crippen molar-refractivity contribution in [2.24, 2.45) is 0 Å². The van der Waals surface area contributed by atoms with Gasteiger partial charge in [0, 0.05) is 34.9 Å². The van der Waals surface area contributed by atoms with Crippen LogP contribution in [-0.2, 0) is 11.2 Å². The molecule has 4 nitrogen and oxygen atoms in total. The Balaban J connectivity index is 1.72. The number of nitrogens with one attached hydrogen (secondary N) is 1. The van der Waals surface area contributed by atoms with Gasteiger partial charge in [0.2, 0.25) is 5.91 Å². The smallest absolute Gasteiger partial charge is 0.224 e. The molecule has 1 fully saturated rings. The van der Waals surface area contributed by atoms with Crippen molar-refractivity contribution in [3.63, 3.8) is 0 Å². The van der Waals surface area contributed by atoms with Crippen molar-refractivity contribution in [2.45, 2.75) is 71.0 Å². The molecule has 1 aromatic heterocycles. The molecule has 2 aromatic rings. The lowest BCUT2D eigenvalue weighted by atomic mass is 9.79. The average molecular weight is 364 g/mol. The number of benzene rings is 1. The molecule has 0 spiro atoms. The Kier molecular flexibility index (Phi) is 4.63. The fraction of sp³-hybridized carbons (Fsp3) is 0.550. The summed E-state index contributed by atoms with van der Waals surface area (Å²) in [6.07, 6.45) is 3.93. The van der Waals surface area contributed by atoms with Gasteiger partial charge in [-0.3, -0.25) is 4.79 Å². The Morgan fingerprint density at radius 2 is 1.92 bits per heavy atom. The van der Waals surface area contributed by atoms with E-state index in [-0.39, 0.29) is 23.0 Å². The highest BCUT2D eigenvalue weighted by molar-refractivity contribution is 6.32. The molecule has 1 aliphatic heterocycles. The second kappa shape index (κ2) is 6.33. The predicted octanol–water partition coefficient (Wildman–Crippen LogP) is 3.34. The van der Waals surface area contributed by atoms with Crippen LogP contribution in [0.4, 0.5) is 0 Å². The van der Waals surface area contributed by atoms with Crippen molar-refractivity contribution in [3.05, 3.63) is 34.5 Å². The van der Waals surface area contributed by atoms with Gasteiger partial charge in [0.1, 0.15) is 5.58 Å². The van der Waals surface area contributed by atoms with E-state index in [0.29, 0.717) is 11.4 Å². The molecular weight excluding hydrogens is 336 g/mol. The normalized spacial score (nSPS) is 19.9. The van der Waals surface area contributed by atoms with Gasteiger partial charge < -0.3 is 15.1 Å². The second-order valence-corrected chi connectivity index (χ2v) is 9.24. The molecule has 136 valence electrons. The number of nitrogens with two attached hydrogens (primary N) is 1. The van der Waals surface area contributed by atoms with Crippen LogP contribution in [0.15, 0.2) is 22.8 Å². The minimum absolute atomic E-state index is 0.0397. The Hall–Kier alpha value is -1.52. The number of halogens is 1. The summed E-state index contributed by atoms with van der Waals surface area (Å²) in [5.74, 6) is 0.0397. The molecular formula is C20H28ClN2O2+. The lowest BCUT2D eigenvalue weighted by Gasteiger charge is -2.43. The lowest BCUT2D eigenvalue weighted by molar-refractivity contribution is -0.787. The molecule has 1 amide bonds. The van der Waals surface area contributed by atoms with Gasteiger partial charge in [-0.15, -0.1) is 0 Å². The third kappa shape index (κ3) is 4.18. The molecule has 0 radical (unpaired) electrons. The van der Waals surface area contributed by atoms with Gasteiger partial charge in [-0.1, -0.05) is 11.6 Å². The van der Waals surface area contributed by atoms with E-state index in [1.807, 2.05) is 19.1 Å². The predicted molar refractivity (Wildman–Crippen MR) is 101 cm³/mol. The quantitative estimate of drug-likeness (QED) is 0.878. The first kappa shape index (κ1) is 18.3. The fourth-order valence-electron chi connectivity index (χ4n) is 4.41. The number of hydrogen-bond acceptors (Lipinski definition) is 2. The molecule has 0 saturated carbocycles. The number of amides is 1. The summed E-state index contributed by atoms with van der Waals surface area (Å²) in [5.41, 5.74) is 2.90. The van der Waals surface area contributed by atoms with E-state index in [9.17, 15) is 4.79 Å². The van der Waals surface area contributed by atoms with Crippen LogP contribution in [-0.4, -0.2) is 23.0 Å². The van der Waals surface area contributed by atoms with E-state index in [1.54, 1.807) is 6.26 Å². The Labute approximate surface area is 154 Å².